The zero-order valence-electron chi connectivity index (χ0n) is 22.4. The van der Waals surface area contributed by atoms with E-state index in [4.69, 9.17) is 25.8 Å². The number of fused-ring (bicyclic) bond motifs is 3. The molecule has 0 fully saturated rings. The molecule has 2 unspecified atom stereocenters. The van der Waals surface area contributed by atoms with Gasteiger partial charge in [0.2, 0.25) is 17.2 Å². The van der Waals surface area contributed by atoms with Crippen LogP contribution in [-0.4, -0.2) is 45.5 Å². The number of pyridine rings is 1. The van der Waals surface area contributed by atoms with Crippen LogP contribution >= 0.6 is 27.5 Å². The summed E-state index contributed by atoms with van der Waals surface area (Å²) < 4.78 is 20.1. The maximum atomic E-state index is 14.2. The van der Waals surface area contributed by atoms with Crippen LogP contribution in [0.15, 0.2) is 50.5 Å². The van der Waals surface area contributed by atoms with Crippen LogP contribution in [-0.2, 0) is 20.0 Å². The number of halogens is 2. The molecule has 0 radical (unpaired) electrons. The molecule has 3 heterocycles. The third kappa shape index (κ3) is 3.78. The third-order valence-electron chi connectivity index (χ3n) is 7.82. The average Bonchev–Trinajstić information content (AvgIpc) is 3.27. The molecule has 10 nitrogen and oxygen atoms in total. The van der Waals surface area contributed by atoms with E-state index in [0.29, 0.717) is 5.69 Å². The van der Waals surface area contributed by atoms with Gasteiger partial charge < -0.3 is 14.2 Å². The molecule has 1 aliphatic heterocycles. The van der Waals surface area contributed by atoms with Crippen molar-refractivity contribution in [1.82, 2.24) is 14.1 Å². The second-order valence-electron chi connectivity index (χ2n) is 10.1. The van der Waals surface area contributed by atoms with Crippen molar-refractivity contribution < 1.29 is 23.8 Å². The minimum Gasteiger partial charge on any atom is -0.496 e. The van der Waals surface area contributed by atoms with Crippen molar-refractivity contribution >= 4 is 50.1 Å². The van der Waals surface area contributed by atoms with Crippen molar-refractivity contribution in [2.24, 2.45) is 13.0 Å². The van der Waals surface area contributed by atoms with Gasteiger partial charge in [-0.05, 0) is 30.2 Å². The Morgan fingerprint density at radius 3 is 2.51 bits per heavy atom. The Bertz CT molecular complexity index is 1950. The van der Waals surface area contributed by atoms with Gasteiger partial charge in [-0.15, -0.1) is 0 Å². The summed E-state index contributed by atoms with van der Waals surface area (Å²) >= 11 is 9.92. The number of benzene rings is 2. The molecular formula is C29H23BrClN3O7. The molecule has 210 valence electrons. The predicted molar refractivity (Wildman–Crippen MR) is 154 cm³/mol. The van der Waals surface area contributed by atoms with Gasteiger partial charge >= 0.3 is 5.69 Å². The largest absolute Gasteiger partial charge is 0.496 e. The molecule has 2 atom stereocenters. The van der Waals surface area contributed by atoms with E-state index in [0.717, 1.165) is 14.6 Å². The lowest BCUT2D eigenvalue weighted by atomic mass is 9.71. The van der Waals surface area contributed by atoms with Crippen LogP contribution in [0.5, 0.6) is 17.2 Å². The van der Waals surface area contributed by atoms with Gasteiger partial charge in [0.25, 0.3) is 5.56 Å². The fourth-order valence-electron chi connectivity index (χ4n) is 5.70. The van der Waals surface area contributed by atoms with Gasteiger partial charge in [0.15, 0.2) is 5.75 Å². The monoisotopic (exact) mass is 639 g/mol. The number of carbonyl (C=O) groups excluding carboxylic acids is 2. The van der Waals surface area contributed by atoms with Crippen molar-refractivity contribution in [3.8, 4) is 17.2 Å². The molecule has 0 N–H and O–H groups in total. The molecule has 2 aromatic heterocycles. The summed E-state index contributed by atoms with van der Waals surface area (Å²) in [6.07, 6.45) is 0.170. The predicted octanol–water partition coefficient (Wildman–Crippen LogP) is 3.97. The van der Waals surface area contributed by atoms with E-state index in [-0.39, 0.29) is 57.4 Å². The number of nitrogens with zero attached hydrogens (tertiary/aromatic N) is 3. The third-order valence-corrected chi connectivity index (χ3v) is 8.67. The molecule has 2 aromatic carbocycles. The van der Waals surface area contributed by atoms with Gasteiger partial charge in [-0.3, -0.25) is 23.5 Å². The van der Waals surface area contributed by atoms with Crippen molar-refractivity contribution in [3.05, 3.63) is 89.1 Å². The lowest BCUT2D eigenvalue weighted by Crippen LogP contribution is -2.57. The first kappa shape index (κ1) is 27.2. The molecule has 0 amide bonds. The highest BCUT2D eigenvalue weighted by molar-refractivity contribution is 9.10. The van der Waals surface area contributed by atoms with E-state index < -0.39 is 34.3 Å². The highest BCUT2D eigenvalue weighted by Gasteiger charge is 2.62. The summed E-state index contributed by atoms with van der Waals surface area (Å²) in [6.45, 7) is 1.73. The second-order valence-corrected chi connectivity index (χ2v) is 11.4. The number of ether oxygens (including phenoxy) is 3. The minimum atomic E-state index is -1.94. The fraction of sp³-hybridized carbons (Fsp3) is 0.276. The molecule has 1 spiro atoms. The number of rotatable bonds is 4. The zero-order valence-corrected chi connectivity index (χ0v) is 24.8. The minimum absolute atomic E-state index is 0.00374. The molecule has 1 aliphatic carbocycles. The quantitative estimate of drug-likeness (QED) is 0.308. The van der Waals surface area contributed by atoms with Crippen LogP contribution in [0, 0.1) is 5.92 Å². The normalized spacial score (nSPS) is 19.3. The van der Waals surface area contributed by atoms with Crippen molar-refractivity contribution in [3.63, 3.8) is 0 Å². The maximum absolute atomic E-state index is 14.2. The number of methoxy groups -OCH3 is 2. The zero-order chi connectivity index (χ0) is 29.4. The molecule has 0 saturated carbocycles. The number of aromatic nitrogens is 3. The standard InChI is InChI=1S/C29H23BrClN3O7/c1-13-8-18-16(24(35)29(13)25(36)21-19(39-3)11-20(40-4)22(31)23(21)41-29)10-17-26(32-18)33(2)28(38)34(27(17)37)12-14-6-5-7-15(30)9-14/h5-7,9-11,13H,8,12H2,1-4H3. The van der Waals surface area contributed by atoms with Gasteiger partial charge in [0, 0.05) is 29.1 Å². The van der Waals surface area contributed by atoms with Gasteiger partial charge in [-0.25, -0.2) is 9.78 Å². The smallest absolute Gasteiger partial charge is 0.332 e. The first-order valence-electron chi connectivity index (χ1n) is 12.6. The van der Waals surface area contributed by atoms with E-state index in [1.165, 1.54) is 38.0 Å². The highest BCUT2D eigenvalue weighted by Crippen LogP contribution is 2.53. The van der Waals surface area contributed by atoms with E-state index in [2.05, 4.69) is 20.9 Å². The van der Waals surface area contributed by atoms with Crippen LogP contribution in [0.3, 0.4) is 0 Å². The summed E-state index contributed by atoms with van der Waals surface area (Å²) in [5.41, 5.74) is -1.71. The summed E-state index contributed by atoms with van der Waals surface area (Å²) in [6, 6.07) is 10.1. The SMILES string of the molecule is COc1cc(OC)c2c(c1Cl)OC1(C(=O)c3cc4c(=O)n(Cc5cccc(Br)c5)c(=O)n(C)c4nc3CC1C)C2=O. The lowest BCUT2D eigenvalue weighted by molar-refractivity contribution is 0.0257. The van der Waals surface area contributed by atoms with Crippen LogP contribution < -0.4 is 25.5 Å². The van der Waals surface area contributed by atoms with Crippen LogP contribution in [0.1, 0.15) is 38.9 Å². The maximum Gasteiger partial charge on any atom is 0.332 e. The molecule has 2 aliphatic rings. The Balaban J connectivity index is 1.52. The van der Waals surface area contributed by atoms with Crippen LogP contribution in [0.2, 0.25) is 5.02 Å². The summed E-state index contributed by atoms with van der Waals surface area (Å²) in [7, 11) is 4.33. The molecule has 4 aromatic rings. The van der Waals surface area contributed by atoms with Gasteiger partial charge in [-0.1, -0.05) is 46.6 Å². The lowest BCUT2D eigenvalue weighted by Gasteiger charge is -2.36. The van der Waals surface area contributed by atoms with Crippen LogP contribution in [0.25, 0.3) is 11.0 Å². The molecule has 0 bridgehead atoms. The second kappa shape index (κ2) is 9.56. The van der Waals surface area contributed by atoms with E-state index in [1.807, 2.05) is 12.1 Å². The van der Waals surface area contributed by atoms with Crippen molar-refractivity contribution in [2.75, 3.05) is 14.2 Å². The number of hydrogen-bond donors (Lipinski definition) is 0. The number of hydrogen-bond acceptors (Lipinski definition) is 8. The van der Waals surface area contributed by atoms with E-state index in [1.54, 1.807) is 19.1 Å². The first-order chi connectivity index (χ1) is 19.5. The van der Waals surface area contributed by atoms with Crippen molar-refractivity contribution in [2.45, 2.75) is 25.5 Å². The molecule has 12 heteroatoms. The van der Waals surface area contributed by atoms with Crippen LogP contribution in [0.4, 0.5) is 0 Å². The number of ketones is 2. The molecular weight excluding hydrogens is 618 g/mol. The topological polar surface area (TPSA) is 119 Å². The fourth-order valence-corrected chi connectivity index (χ4v) is 6.41. The highest BCUT2D eigenvalue weighted by atomic mass is 79.9. The van der Waals surface area contributed by atoms with Crippen molar-refractivity contribution in [1.29, 1.82) is 0 Å². The Kier molecular flexibility index (Phi) is 6.35. The summed E-state index contributed by atoms with van der Waals surface area (Å²) in [5, 5.41) is 0.112. The molecule has 6 rings (SSSR count). The first-order valence-corrected chi connectivity index (χ1v) is 13.8. The number of aryl methyl sites for hydroxylation is 1. The molecule has 0 saturated heterocycles. The molecule has 41 heavy (non-hydrogen) atoms. The average molecular weight is 641 g/mol. The van der Waals surface area contributed by atoms with E-state index >= 15 is 0 Å². The number of carbonyl (C=O) groups is 2. The Morgan fingerprint density at radius 2 is 1.83 bits per heavy atom. The van der Waals surface area contributed by atoms with Gasteiger partial charge in [-0.2, -0.15) is 0 Å². The Hall–Kier alpha value is -3.96. The summed E-state index contributed by atoms with van der Waals surface area (Å²) in [5.74, 6) is -1.51. The number of Topliss-reactive ketones (excluding diaryl/α,β-unsaturated/α-hetero) is 2. The Morgan fingerprint density at radius 1 is 1.10 bits per heavy atom. The Labute approximate surface area is 246 Å². The van der Waals surface area contributed by atoms with E-state index in [9.17, 15) is 19.2 Å². The summed E-state index contributed by atoms with van der Waals surface area (Å²) in [4.78, 5) is 59.7. The van der Waals surface area contributed by atoms with Gasteiger partial charge in [0.05, 0.1) is 31.8 Å². The van der Waals surface area contributed by atoms with Gasteiger partial charge in [0.1, 0.15) is 27.7 Å².